The maximum Gasteiger partial charge on any atom is 0.276 e. The molecule has 0 fully saturated rings. The summed E-state index contributed by atoms with van der Waals surface area (Å²) in [6, 6.07) is 11.4. The Hall–Kier alpha value is -3.07. The molecular formula is C20H22FN3O4S. The Bertz CT molecular complexity index is 872. The maximum absolute atomic E-state index is 13.5. The van der Waals surface area contributed by atoms with Gasteiger partial charge in [-0.1, -0.05) is 18.2 Å². The van der Waals surface area contributed by atoms with Crippen molar-refractivity contribution in [2.75, 3.05) is 23.4 Å². The summed E-state index contributed by atoms with van der Waals surface area (Å²) < 4.78 is 18.8. The number of carbonyl (C=O) groups excluding carboxylic acids is 3. The zero-order valence-electron chi connectivity index (χ0n) is 16.1. The first kappa shape index (κ1) is 22.2. The van der Waals surface area contributed by atoms with E-state index in [1.165, 1.54) is 18.2 Å². The smallest absolute Gasteiger partial charge is 0.276 e. The van der Waals surface area contributed by atoms with Crippen molar-refractivity contribution in [1.82, 2.24) is 10.9 Å². The molecule has 0 saturated heterocycles. The second-order valence-corrected chi connectivity index (χ2v) is 7.21. The number of para-hydroxylation sites is 1. The lowest BCUT2D eigenvalue weighted by atomic mass is 10.1. The van der Waals surface area contributed by atoms with Crippen LogP contribution >= 0.6 is 11.8 Å². The average Bonchev–Trinajstić information content (AvgIpc) is 2.66. The molecule has 0 aromatic heterocycles. The summed E-state index contributed by atoms with van der Waals surface area (Å²) in [4.78, 5) is 35.2. The van der Waals surface area contributed by atoms with Crippen molar-refractivity contribution in [1.29, 1.82) is 0 Å². The van der Waals surface area contributed by atoms with Gasteiger partial charge in [0.05, 0.1) is 17.2 Å². The fourth-order valence-corrected chi connectivity index (χ4v) is 2.98. The molecule has 9 heteroatoms. The number of aryl methyl sites for hydroxylation is 2. The third kappa shape index (κ3) is 8.22. The van der Waals surface area contributed by atoms with E-state index >= 15 is 0 Å². The van der Waals surface area contributed by atoms with Crippen LogP contribution in [0.3, 0.4) is 0 Å². The van der Waals surface area contributed by atoms with Gasteiger partial charge in [0.2, 0.25) is 11.8 Å². The highest BCUT2D eigenvalue weighted by Crippen LogP contribution is 2.16. The topological polar surface area (TPSA) is 96.5 Å². The van der Waals surface area contributed by atoms with E-state index in [4.69, 9.17) is 4.74 Å². The van der Waals surface area contributed by atoms with Crippen LogP contribution in [0.5, 0.6) is 5.75 Å². The van der Waals surface area contributed by atoms with Crippen LogP contribution in [0, 0.1) is 19.7 Å². The van der Waals surface area contributed by atoms with E-state index in [-0.39, 0.29) is 23.8 Å². The summed E-state index contributed by atoms with van der Waals surface area (Å²) in [6.07, 6.45) is 0. The molecule has 0 atom stereocenters. The van der Waals surface area contributed by atoms with E-state index in [0.717, 1.165) is 22.9 Å². The molecule has 2 aromatic carbocycles. The van der Waals surface area contributed by atoms with Crippen LogP contribution in [0.2, 0.25) is 0 Å². The standard InChI is InChI=1S/C20H22FN3O4S/c1-13-7-14(2)9-15(8-13)28-10-18(25)23-24-20(27)12-29-11-19(26)22-17-6-4-3-5-16(17)21/h3-9H,10-12H2,1-2H3,(H,22,26)(H,23,25)(H,24,27). The lowest BCUT2D eigenvalue weighted by Crippen LogP contribution is -2.44. The number of anilines is 1. The number of amides is 3. The van der Waals surface area contributed by atoms with Crippen LogP contribution in [0.4, 0.5) is 10.1 Å². The predicted octanol–water partition coefficient (Wildman–Crippen LogP) is 2.34. The van der Waals surface area contributed by atoms with Crippen LogP contribution < -0.4 is 20.9 Å². The molecule has 2 aromatic rings. The number of halogens is 1. The van der Waals surface area contributed by atoms with Crippen LogP contribution in [-0.2, 0) is 14.4 Å². The number of benzene rings is 2. The first-order valence-electron chi connectivity index (χ1n) is 8.74. The van der Waals surface area contributed by atoms with Crippen molar-refractivity contribution in [2.45, 2.75) is 13.8 Å². The summed E-state index contributed by atoms with van der Waals surface area (Å²) in [5.74, 6) is -1.48. The minimum absolute atomic E-state index is 0.0362. The molecule has 0 heterocycles. The van der Waals surface area contributed by atoms with Gasteiger partial charge in [-0.05, 0) is 49.2 Å². The summed E-state index contributed by atoms with van der Waals surface area (Å²) in [6.45, 7) is 3.60. The molecule has 29 heavy (non-hydrogen) atoms. The Kier molecular flexibility index (Phi) is 8.47. The van der Waals surface area contributed by atoms with Crippen LogP contribution in [0.1, 0.15) is 11.1 Å². The van der Waals surface area contributed by atoms with Gasteiger partial charge in [-0.3, -0.25) is 25.2 Å². The molecule has 0 unspecified atom stereocenters. The molecule has 7 nitrogen and oxygen atoms in total. The number of carbonyl (C=O) groups is 3. The number of hydrazine groups is 1. The molecule has 2 rings (SSSR count). The van der Waals surface area contributed by atoms with Gasteiger partial charge in [-0.25, -0.2) is 4.39 Å². The SMILES string of the molecule is Cc1cc(C)cc(OCC(=O)NNC(=O)CSCC(=O)Nc2ccccc2F)c1. The molecular weight excluding hydrogens is 397 g/mol. The number of rotatable bonds is 8. The molecule has 0 aliphatic heterocycles. The third-order valence-electron chi connectivity index (χ3n) is 3.52. The van der Waals surface area contributed by atoms with Gasteiger partial charge in [0.1, 0.15) is 11.6 Å². The molecule has 154 valence electrons. The molecule has 0 aliphatic rings. The Balaban J connectivity index is 1.62. The van der Waals surface area contributed by atoms with Gasteiger partial charge in [0.15, 0.2) is 6.61 Å². The first-order valence-corrected chi connectivity index (χ1v) is 9.90. The van der Waals surface area contributed by atoms with Gasteiger partial charge in [-0.15, -0.1) is 11.8 Å². The highest BCUT2D eigenvalue weighted by molar-refractivity contribution is 8.00. The second kappa shape index (κ2) is 11.1. The molecule has 3 amide bonds. The van der Waals surface area contributed by atoms with Crippen molar-refractivity contribution < 1.29 is 23.5 Å². The van der Waals surface area contributed by atoms with Crippen molar-refractivity contribution in [3.63, 3.8) is 0 Å². The highest BCUT2D eigenvalue weighted by Gasteiger charge is 2.09. The van der Waals surface area contributed by atoms with E-state index in [0.29, 0.717) is 5.75 Å². The number of ether oxygens (including phenoxy) is 1. The quantitative estimate of drug-likeness (QED) is 0.571. The lowest BCUT2D eigenvalue weighted by molar-refractivity contribution is -0.128. The number of hydrogen-bond acceptors (Lipinski definition) is 5. The van der Waals surface area contributed by atoms with Crippen molar-refractivity contribution >= 4 is 35.2 Å². The van der Waals surface area contributed by atoms with Crippen molar-refractivity contribution in [2.24, 2.45) is 0 Å². The number of thioether (sulfide) groups is 1. The molecule has 0 radical (unpaired) electrons. The summed E-state index contributed by atoms with van der Waals surface area (Å²) in [5, 5.41) is 2.42. The van der Waals surface area contributed by atoms with E-state index in [9.17, 15) is 18.8 Å². The zero-order valence-corrected chi connectivity index (χ0v) is 16.9. The Morgan fingerprint density at radius 2 is 1.55 bits per heavy atom. The summed E-state index contributed by atoms with van der Waals surface area (Å²) in [5.41, 5.74) is 6.60. The van der Waals surface area contributed by atoms with Crippen molar-refractivity contribution in [3.8, 4) is 5.75 Å². The minimum atomic E-state index is -0.533. The highest BCUT2D eigenvalue weighted by atomic mass is 32.2. The number of hydrogen-bond donors (Lipinski definition) is 3. The van der Waals surface area contributed by atoms with Crippen molar-refractivity contribution in [3.05, 3.63) is 59.4 Å². The minimum Gasteiger partial charge on any atom is -0.484 e. The van der Waals surface area contributed by atoms with Gasteiger partial charge in [-0.2, -0.15) is 0 Å². The van der Waals surface area contributed by atoms with E-state index in [1.807, 2.05) is 32.0 Å². The normalized spacial score (nSPS) is 10.2. The first-order chi connectivity index (χ1) is 13.8. The monoisotopic (exact) mass is 419 g/mol. The van der Waals surface area contributed by atoms with Crippen LogP contribution in [-0.4, -0.2) is 35.8 Å². The zero-order chi connectivity index (χ0) is 21.2. The summed E-state index contributed by atoms with van der Waals surface area (Å²) in [7, 11) is 0. The predicted molar refractivity (Wildman–Crippen MR) is 110 cm³/mol. The molecule has 3 N–H and O–H groups in total. The number of nitrogens with one attached hydrogen (secondary N) is 3. The largest absolute Gasteiger partial charge is 0.484 e. The third-order valence-corrected chi connectivity index (χ3v) is 4.45. The van der Waals surface area contributed by atoms with Crippen LogP contribution in [0.15, 0.2) is 42.5 Å². The van der Waals surface area contributed by atoms with Gasteiger partial charge in [0, 0.05) is 0 Å². The second-order valence-electron chi connectivity index (χ2n) is 6.23. The van der Waals surface area contributed by atoms with Gasteiger partial charge >= 0.3 is 0 Å². The van der Waals surface area contributed by atoms with E-state index < -0.39 is 23.5 Å². The summed E-state index contributed by atoms with van der Waals surface area (Å²) >= 11 is 1.03. The molecule has 0 spiro atoms. The Labute approximate surface area is 172 Å². The fraction of sp³-hybridized carbons (Fsp3) is 0.250. The average molecular weight is 419 g/mol. The van der Waals surface area contributed by atoms with Gasteiger partial charge < -0.3 is 10.1 Å². The molecule has 0 bridgehead atoms. The fourth-order valence-electron chi connectivity index (χ4n) is 2.36. The van der Waals surface area contributed by atoms with E-state index in [1.54, 1.807) is 6.07 Å². The Morgan fingerprint density at radius 1 is 0.931 bits per heavy atom. The van der Waals surface area contributed by atoms with Crippen LogP contribution in [0.25, 0.3) is 0 Å². The van der Waals surface area contributed by atoms with Gasteiger partial charge in [0.25, 0.3) is 5.91 Å². The lowest BCUT2D eigenvalue weighted by Gasteiger charge is -2.10. The van der Waals surface area contributed by atoms with E-state index in [2.05, 4.69) is 16.2 Å². The maximum atomic E-state index is 13.5. The Morgan fingerprint density at radius 3 is 2.24 bits per heavy atom. The molecule has 0 aliphatic carbocycles. The molecule has 0 saturated carbocycles.